The van der Waals surface area contributed by atoms with Gasteiger partial charge in [0.25, 0.3) is 5.91 Å². The Balaban J connectivity index is 2.02. The lowest BCUT2D eigenvalue weighted by Gasteiger charge is -2.05. The number of nitrogens with one attached hydrogen (secondary N) is 1. The second kappa shape index (κ2) is 6.35. The Labute approximate surface area is 113 Å². The number of carbonyl (C=O) groups is 1. The molecule has 0 aliphatic heterocycles. The number of aromatic nitrogens is 1. The van der Waals surface area contributed by atoms with E-state index in [2.05, 4.69) is 29.1 Å². The molecule has 2 atom stereocenters. The van der Waals surface area contributed by atoms with Crippen molar-refractivity contribution < 1.29 is 9.90 Å². The summed E-state index contributed by atoms with van der Waals surface area (Å²) in [4.78, 5) is 16.1. The van der Waals surface area contributed by atoms with E-state index in [0.29, 0.717) is 23.5 Å². The first-order chi connectivity index (χ1) is 9.22. The first-order valence-electron chi connectivity index (χ1n) is 6.54. The molecule has 1 amide bonds. The molecule has 0 bridgehead atoms. The molecule has 0 spiro atoms. The van der Waals surface area contributed by atoms with Crippen molar-refractivity contribution in [2.75, 3.05) is 13.2 Å². The molecule has 0 radical (unpaired) electrons. The van der Waals surface area contributed by atoms with E-state index in [9.17, 15) is 4.79 Å². The van der Waals surface area contributed by atoms with Gasteiger partial charge in [0.05, 0.1) is 17.7 Å². The highest BCUT2D eigenvalue weighted by atomic mass is 16.2. The van der Waals surface area contributed by atoms with Gasteiger partial charge in [0.15, 0.2) is 0 Å². The maximum absolute atomic E-state index is 12.1. The van der Waals surface area contributed by atoms with E-state index >= 15 is 0 Å². The minimum Gasteiger partial charge on any atom is -0.395 e. The number of aliphatic hydroxyl groups is 1. The van der Waals surface area contributed by atoms with Crippen molar-refractivity contribution in [3.63, 3.8) is 0 Å². The molecule has 1 aromatic rings. The minimum atomic E-state index is -0.102. The van der Waals surface area contributed by atoms with Crippen LogP contribution in [0.15, 0.2) is 18.5 Å². The van der Waals surface area contributed by atoms with Gasteiger partial charge in [-0.1, -0.05) is 18.8 Å². The summed E-state index contributed by atoms with van der Waals surface area (Å²) in [7, 11) is 0. The Hall–Kier alpha value is -1.86. The summed E-state index contributed by atoms with van der Waals surface area (Å²) in [6.07, 6.45) is 4.76. The average Bonchev–Trinajstić information content (AvgIpc) is 3.13. The van der Waals surface area contributed by atoms with Gasteiger partial charge >= 0.3 is 0 Å². The summed E-state index contributed by atoms with van der Waals surface area (Å²) in [6, 6.07) is 1.68. The molecule has 2 rings (SSSR count). The Kier molecular flexibility index (Phi) is 4.53. The fourth-order valence-corrected chi connectivity index (χ4v) is 1.91. The fourth-order valence-electron chi connectivity index (χ4n) is 1.91. The third kappa shape index (κ3) is 3.80. The summed E-state index contributed by atoms with van der Waals surface area (Å²) in [5.74, 6) is 6.93. The Morgan fingerprint density at radius 3 is 3.11 bits per heavy atom. The van der Waals surface area contributed by atoms with Crippen LogP contribution < -0.4 is 5.32 Å². The van der Waals surface area contributed by atoms with Gasteiger partial charge in [0, 0.05) is 25.4 Å². The highest BCUT2D eigenvalue weighted by molar-refractivity contribution is 5.96. The third-order valence-corrected chi connectivity index (χ3v) is 3.33. The van der Waals surface area contributed by atoms with Crippen LogP contribution in [0.4, 0.5) is 0 Å². The van der Waals surface area contributed by atoms with Gasteiger partial charge in [-0.2, -0.15) is 0 Å². The first-order valence-corrected chi connectivity index (χ1v) is 6.54. The van der Waals surface area contributed by atoms with Crippen LogP contribution in [0, 0.1) is 23.7 Å². The Bertz CT molecular complexity index is 516. The van der Waals surface area contributed by atoms with Crippen LogP contribution in [-0.4, -0.2) is 29.1 Å². The van der Waals surface area contributed by atoms with E-state index in [1.54, 1.807) is 18.5 Å². The lowest BCUT2D eigenvalue weighted by atomic mass is 10.1. The number of hydrogen-bond acceptors (Lipinski definition) is 3. The van der Waals surface area contributed by atoms with Gasteiger partial charge in [0.2, 0.25) is 0 Å². The molecule has 100 valence electrons. The number of hydrogen-bond donors (Lipinski definition) is 2. The van der Waals surface area contributed by atoms with Crippen LogP contribution in [0.3, 0.4) is 0 Å². The zero-order valence-corrected chi connectivity index (χ0v) is 11.0. The van der Waals surface area contributed by atoms with Gasteiger partial charge in [-0.05, 0) is 24.3 Å². The maximum atomic E-state index is 12.1. The normalized spacial score (nSPS) is 20.3. The molecule has 0 aromatic carbocycles. The largest absolute Gasteiger partial charge is 0.395 e. The average molecular weight is 258 g/mol. The first kappa shape index (κ1) is 13.6. The molecule has 2 N–H and O–H groups in total. The minimum absolute atomic E-state index is 0.0222. The highest BCUT2D eigenvalue weighted by Gasteiger charge is 2.32. The quantitative estimate of drug-likeness (QED) is 0.798. The highest BCUT2D eigenvalue weighted by Crippen LogP contribution is 2.36. The number of amides is 1. The summed E-state index contributed by atoms with van der Waals surface area (Å²) in [5, 5.41) is 11.6. The predicted octanol–water partition coefficient (Wildman–Crippen LogP) is 1.20. The van der Waals surface area contributed by atoms with Gasteiger partial charge < -0.3 is 10.4 Å². The van der Waals surface area contributed by atoms with Gasteiger partial charge in [-0.25, -0.2) is 0 Å². The topological polar surface area (TPSA) is 62.2 Å². The number of carbonyl (C=O) groups excluding carboxylic acids is 1. The van der Waals surface area contributed by atoms with Crippen molar-refractivity contribution >= 4 is 5.91 Å². The van der Waals surface area contributed by atoms with Crippen molar-refractivity contribution in [1.82, 2.24) is 10.3 Å². The molecule has 1 aliphatic rings. The van der Waals surface area contributed by atoms with E-state index in [0.717, 1.165) is 12.5 Å². The van der Waals surface area contributed by atoms with E-state index in [-0.39, 0.29) is 12.5 Å². The van der Waals surface area contributed by atoms with Crippen LogP contribution >= 0.6 is 0 Å². The van der Waals surface area contributed by atoms with Gasteiger partial charge in [-0.3, -0.25) is 9.78 Å². The van der Waals surface area contributed by atoms with Crippen LogP contribution in [0.25, 0.3) is 0 Å². The standard InChI is InChI=1S/C15H18N2O2/c1-11-8-13(11)10-17-15(19)14-5-6-16-9-12(14)4-2-3-7-18/h5-6,9,11,13,18H,3,7-8,10H2,1H3,(H,17,19). The second-order valence-corrected chi connectivity index (χ2v) is 4.88. The number of nitrogens with zero attached hydrogens (tertiary/aromatic N) is 1. The third-order valence-electron chi connectivity index (χ3n) is 3.33. The summed E-state index contributed by atoms with van der Waals surface area (Å²) >= 11 is 0. The maximum Gasteiger partial charge on any atom is 0.252 e. The Morgan fingerprint density at radius 1 is 1.63 bits per heavy atom. The number of pyridine rings is 1. The molecule has 19 heavy (non-hydrogen) atoms. The number of rotatable bonds is 4. The van der Waals surface area contributed by atoms with E-state index < -0.39 is 0 Å². The zero-order valence-electron chi connectivity index (χ0n) is 11.0. The van der Waals surface area contributed by atoms with Crippen LogP contribution in [0.2, 0.25) is 0 Å². The lowest BCUT2D eigenvalue weighted by molar-refractivity contribution is 0.0951. The lowest BCUT2D eigenvalue weighted by Crippen LogP contribution is -2.26. The molecular formula is C15H18N2O2. The number of aliphatic hydroxyl groups excluding tert-OH is 1. The summed E-state index contributed by atoms with van der Waals surface area (Å²) in [6.45, 7) is 2.94. The van der Waals surface area contributed by atoms with E-state index in [1.807, 2.05) is 0 Å². The van der Waals surface area contributed by atoms with Crippen LogP contribution in [0.1, 0.15) is 35.7 Å². The molecule has 2 unspecified atom stereocenters. The Morgan fingerprint density at radius 2 is 2.42 bits per heavy atom. The molecule has 4 nitrogen and oxygen atoms in total. The molecule has 1 aromatic heterocycles. The van der Waals surface area contributed by atoms with Crippen molar-refractivity contribution in [2.45, 2.75) is 19.8 Å². The zero-order chi connectivity index (χ0) is 13.7. The smallest absolute Gasteiger partial charge is 0.252 e. The molecule has 1 fully saturated rings. The molecule has 0 saturated heterocycles. The van der Waals surface area contributed by atoms with Crippen molar-refractivity contribution in [3.05, 3.63) is 29.6 Å². The van der Waals surface area contributed by atoms with Crippen molar-refractivity contribution in [2.24, 2.45) is 11.8 Å². The molecular weight excluding hydrogens is 240 g/mol. The summed E-state index contributed by atoms with van der Waals surface area (Å²) < 4.78 is 0. The van der Waals surface area contributed by atoms with Gasteiger partial charge in [-0.15, -0.1) is 0 Å². The van der Waals surface area contributed by atoms with Crippen LogP contribution in [-0.2, 0) is 0 Å². The van der Waals surface area contributed by atoms with Crippen LogP contribution in [0.5, 0.6) is 0 Å². The predicted molar refractivity (Wildman–Crippen MR) is 72.4 cm³/mol. The molecule has 1 heterocycles. The summed E-state index contributed by atoms with van der Waals surface area (Å²) in [5.41, 5.74) is 1.16. The monoisotopic (exact) mass is 258 g/mol. The van der Waals surface area contributed by atoms with Crippen molar-refractivity contribution in [3.8, 4) is 11.8 Å². The van der Waals surface area contributed by atoms with E-state index in [4.69, 9.17) is 5.11 Å². The molecule has 1 aliphatic carbocycles. The van der Waals surface area contributed by atoms with Gasteiger partial charge in [0.1, 0.15) is 0 Å². The SMILES string of the molecule is CC1CC1CNC(=O)c1ccncc1C#CCCO. The van der Waals surface area contributed by atoms with E-state index in [1.165, 1.54) is 6.42 Å². The second-order valence-electron chi connectivity index (χ2n) is 4.88. The molecule has 4 heteroatoms. The fraction of sp³-hybridized carbons (Fsp3) is 0.467. The molecule has 1 saturated carbocycles. The van der Waals surface area contributed by atoms with Crippen molar-refractivity contribution in [1.29, 1.82) is 0 Å².